The zero-order valence-electron chi connectivity index (χ0n) is 20.7. The molecule has 4 aromatic carbocycles. The van der Waals surface area contributed by atoms with Crippen LogP contribution >= 0.6 is 0 Å². The summed E-state index contributed by atoms with van der Waals surface area (Å²) in [5.41, 5.74) is 7.84. The van der Waals surface area contributed by atoms with Gasteiger partial charge in [0.05, 0.1) is 16.7 Å². The van der Waals surface area contributed by atoms with Crippen LogP contribution in [0.4, 0.5) is 0 Å². The summed E-state index contributed by atoms with van der Waals surface area (Å²) in [5.74, 6) is 0. The summed E-state index contributed by atoms with van der Waals surface area (Å²) in [6.45, 7) is 0. The van der Waals surface area contributed by atoms with Gasteiger partial charge in [-0.2, -0.15) is 0 Å². The molecule has 5 heteroatoms. The molecule has 5 heterocycles. The molecule has 5 nitrogen and oxygen atoms in total. The molecule has 0 atom stereocenters. The summed E-state index contributed by atoms with van der Waals surface area (Å²) in [4.78, 5) is 9.53. The normalized spacial score (nSPS) is 11.8. The lowest BCUT2D eigenvalue weighted by Gasteiger charge is -2.07. The predicted octanol–water partition coefficient (Wildman–Crippen LogP) is 9.21. The maximum atomic E-state index is 6.58. The Morgan fingerprint density at radius 3 is 1.82 bits per heavy atom. The van der Waals surface area contributed by atoms with Gasteiger partial charge in [-0.05, 0) is 60.7 Å². The van der Waals surface area contributed by atoms with Crippen LogP contribution in [-0.4, -0.2) is 19.1 Å². The van der Waals surface area contributed by atoms with Crippen molar-refractivity contribution in [3.8, 4) is 11.4 Å². The maximum Gasteiger partial charge on any atom is 0.159 e. The van der Waals surface area contributed by atoms with E-state index in [2.05, 4.69) is 106 Å². The van der Waals surface area contributed by atoms with Crippen LogP contribution in [0.3, 0.4) is 0 Å². The summed E-state index contributed by atoms with van der Waals surface area (Å²) in [6, 6.07) is 37.9. The topological polar surface area (TPSA) is 48.8 Å². The highest BCUT2D eigenvalue weighted by atomic mass is 16.3. The van der Waals surface area contributed by atoms with Crippen molar-refractivity contribution in [2.24, 2.45) is 0 Å². The van der Waals surface area contributed by atoms with Gasteiger partial charge in [-0.25, -0.2) is 9.97 Å². The summed E-state index contributed by atoms with van der Waals surface area (Å²) < 4.78 is 11.0. The molecule has 0 fully saturated rings. The van der Waals surface area contributed by atoms with E-state index in [0.717, 1.165) is 66.4 Å². The maximum absolute atomic E-state index is 6.58. The molecule has 0 N–H and O–H groups in total. The first-order valence-corrected chi connectivity index (χ1v) is 13.0. The molecule has 190 valence electrons. The number of nitrogens with zero attached hydrogens (tertiary/aromatic N) is 4. The minimum atomic E-state index is 0. The van der Waals surface area contributed by atoms with Gasteiger partial charge in [-0.15, -0.1) is 0 Å². The second-order valence-corrected chi connectivity index (χ2v) is 9.89. The number of rotatable bonds is 2. The van der Waals surface area contributed by atoms with Crippen molar-refractivity contribution >= 4 is 65.8 Å². The number of aromatic nitrogens is 4. The molecule has 9 aromatic rings. The van der Waals surface area contributed by atoms with Gasteiger partial charge in [-0.3, -0.25) is 9.13 Å². The van der Waals surface area contributed by atoms with Crippen molar-refractivity contribution in [1.82, 2.24) is 19.1 Å². The number of hydrogen-bond acceptors (Lipinski definition) is 3. The Morgan fingerprint density at radius 2 is 1.10 bits per heavy atom. The third kappa shape index (κ3) is 2.91. The van der Waals surface area contributed by atoms with Gasteiger partial charge in [0.25, 0.3) is 0 Å². The lowest BCUT2D eigenvalue weighted by molar-refractivity contribution is 0.666. The molecule has 0 aliphatic rings. The van der Waals surface area contributed by atoms with Crippen molar-refractivity contribution in [3.63, 3.8) is 0 Å². The molecule has 0 radical (unpaired) electrons. The highest BCUT2D eigenvalue weighted by Crippen LogP contribution is 2.39. The van der Waals surface area contributed by atoms with Crippen LogP contribution in [0.5, 0.6) is 0 Å². The monoisotopic (exact) mass is 516 g/mol. The van der Waals surface area contributed by atoms with E-state index < -0.39 is 0 Å². The highest BCUT2D eigenvalue weighted by molar-refractivity contribution is 6.13. The summed E-state index contributed by atoms with van der Waals surface area (Å²) in [6.07, 6.45) is 3.71. The third-order valence-electron chi connectivity index (χ3n) is 7.83. The summed E-state index contributed by atoms with van der Waals surface area (Å²) in [7, 11) is 0. The van der Waals surface area contributed by atoms with E-state index in [1.165, 1.54) is 10.8 Å². The second kappa shape index (κ2) is 8.29. The Balaban J connectivity index is 0.00000245. The number of furan rings is 1. The molecule has 5 aromatic heterocycles. The lowest BCUT2D eigenvalue weighted by atomic mass is 10.1. The molecule has 9 rings (SSSR count). The van der Waals surface area contributed by atoms with E-state index in [0.29, 0.717) is 0 Å². The summed E-state index contributed by atoms with van der Waals surface area (Å²) >= 11 is 0. The van der Waals surface area contributed by atoms with Gasteiger partial charge < -0.3 is 4.42 Å². The van der Waals surface area contributed by atoms with Crippen LogP contribution in [0.1, 0.15) is 7.43 Å². The second-order valence-electron chi connectivity index (χ2n) is 9.89. The Bertz CT molecular complexity index is 2300. The molecule has 0 bridgehead atoms. The van der Waals surface area contributed by atoms with Crippen molar-refractivity contribution < 1.29 is 4.42 Å². The average Bonchev–Trinajstić information content (AvgIpc) is 3.65. The Hall–Kier alpha value is -5.42. The quantitative estimate of drug-likeness (QED) is 0.230. The summed E-state index contributed by atoms with van der Waals surface area (Å²) in [5, 5.41) is 6.78. The van der Waals surface area contributed by atoms with E-state index in [4.69, 9.17) is 14.4 Å². The molecule has 0 unspecified atom stereocenters. The fourth-order valence-corrected chi connectivity index (χ4v) is 6.18. The molecular weight excluding hydrogens is 492 g/mol. The smallest absolute Gasteiger partial charge is 0.159 e. The SMILES string of the molecule is C.c1cc(-n2c3ccccc3c3cccnc32)c2oc3ccc(-n4c5ccccc5c5cccnc54)cc3c2c1. The molecule has 0 amide bonds. The Kier molecular flexibility index (Phi) is 4.67. The predicted molar refractivity (Wildman–Crippen MR) is 165 cm³/mol. The lowest BCUT2D eigenvalue weighted by Crippen LogP contribution is -1.95. The van der Waals surface area contributed by atoms with Crippen molar-refractivity contribution in [3.05, 3.63) is 122 Å². The van der Waals surface area contributed by atoms with Gasteiger partial charge >= 0.3 is 0 Å². The fraction of sp³-hybridized carbons (Fsp3) is 0.0286. The number of para-hydroxylation sites is 3. The number of hydrogen-bond donors (Lipinski definition) is 0. The van der Waals surface area contributed by atoms with E-state index >= 15 is 0 Å². The number of fused-ring (bicyclic) bond motifs is 9. The standard InChI is InChI=1S/C34H20N4O.CH4/c1-3-13-28-22(8-1)25-11-6-18-35-33(25)37(28)21-16-17-31-27(20-21)24-10-5-15-30(32(24)39-31)38-29-14-4-2-9-23(29)26-12-7-19-36-34(26)38;/h1-20H;1H4. The van der Waals surface area contributed by atoms with Crippen molar-refractivity contribution in [1.29, 1.82) is 0 Å². The van der Waals surface area contributed by atoms with Crippen LogP contribution in [0.15, 0.2) is 126 Å². The minimum absolute atomic E-state index is 0. The number of pyridine rings is 2. The molecule has 0 aliphatic heterocycles. The van der Waals surface area contributed by atoms with Crippen molar-refractivity contribution in [2.75, 3.05) is 0 Å². The van der Waals surface area contributed by atoms with Gasteiger partial charge in [-0.1, -0.05) is 56.0 Å². The molecular formula is C35H24N4O. The van der Waals surface area contributed by atoms with Gasteiger partial charge in [0.2, 0.25) is 0 Å². The first-order chi connectivity index (χ1) is 19.4. The van der Waals surface area contributed by atoms with Crippen LogP contribution in [0.25, 0.3) is 77.2 Å². The first-order valence-electron chi connectivity index (χ1n) is 13.0. The van der Waals surface area contributed by atoms with Crippen LogP contribution in [-0.2, 0) is 0 Å². The van der Waals surface area contributed by atoms with Gasteiger partial charge in [0.1, 0.15) is 16.9 Å². The Morgan fingerprint density at radius 1 is 0.500 bits per heavy atom. The van der Waals surface area contributed by atoms with Crippen molar-refractivity contribution in [2.45, 2.75) is 7.43 Å². The van der Waals surface area contributed by atoms with E-state index in [1.54, 1.807) is 0 Å². The Labute approximate surface area is 229 Å². The molecule has 0 saturated carbocycles. The zero-order valence-corrected chi connectivity index (χ0v) is 20.7. The fourth-order valence-electron chi connectivity index (χ4n) is 6.18. The van der Waals surface area contributed by atoms with Crippen LogP contribution in [0.2, 0.25) is 0 Å². The minimum Gasteiger partial charge on any atom is -0.454 e. The largest absolute Gasteiger partial charge is 0.454 e. The highest BCUT2D eigenvalue weighted by Gasteiger charge is 2.19. The van der Waals surface area contributed by atoms with Gasteiger partial charge in [0.15, 0.2) is 5.58 Å². The van der Waals surface area contributed by atoms with Crippen LogP contribution < -0.4 is 0 Å². The third-order valence-corrected chi connectivity index (χ3v) is 7.83. The molecule has 0 aliphatic carbocycles. The van der Waals surface area contributed by atoms with Gasteiger partial charge in [0, 0.05) is 50.4 Å². The first kappa shape index (κ1) is 22.6. The number of benzene rings is 4. The molecule has 0 saturated heterocycles. The van der Waals surface area contributed by atoms with E-state index in [-0.39, 0.29) is 7.43 Å². The van der Waals surface area contributed by atoms with E-state index in [1.807, 2.05) is 24.5 Å². The van der Waals surface area contributed by atoms with E-state index in [9.17, 15) is 0 Å². The molecule has 0 spiro atoms. The zero-order chi connectivity index (χ0) is 25.5. The van der Waals surface area contributed by atoms with Crippen LogP contribution in [0, 0.1) is 0 Å². The molecule has 40 heavy (non-hydrogen) atoms. The average molecular weight is 517 g/mol.